The largest absolute Gasteiger partial charge is 0.369 e. The van der Waals surface area contributed by atoms with Crippen LogP contribution in [0.15, 0.2) is 21.5 Å². The number of rotatable bonds is 3. The molecule has 1 aromatic rings. The van der Waals surface area contributed by atoms with Gasteiger partial charge >= 0.3 is 0 Å². The Morgan fingerprint density at radius 2 is 2.31 bits per heavy atom. The highest BCUT2D eigenvalue weighted by Crippen LogP contribution is 2.40. The van der Waals surface area contributed by atoms with Gasteiger partial charge in [-0.15, -0.1) is 11.8 Å². The fourth-order valence-corrected chi connectivity index (χ4v) is 4.14. The van der Waals surface area contributed by atoms with Gasteiger partial charge in [0.1, 0.15) is 0 Å². The topological polar surface area (TPSA) is 29.3 Å². The van der Waals surface area contributed by atoms with E-state index < -0.39 is 0 Å². The minimum atomic E-state index is 0.766. The lowest BCUT2D eigenvalue weighted by atomic mass is 10.2. The minimum Gasteiger partial charge on any atom is -0.369 e. The van der Waals surface area contributed by atoms with Crippen LogP contribution in [0.1, 0.15) is 12.0 Å². The lowest BCUT2D eigenvalue weighted by Gasteiger charge is -2.32. The Labute approximate surface area is 110 Å². The van der Waals surface area contributed by atoms with Crippen molar-refractivity contribution in [1.82, 2.24) is 0 Å². The van der Waals surface area contributed by atoms with Crippen LogP contribution in [-0.2, 0) is 0 Å². The van der Waals surface area contributed by atoms with Gasteiger partial charge in [-0.1, -0.05) is 0 Å². The minimum absolute atomic E-state index is 0.766. The molecule has 0 spiro atoms. The van der Waals surface area contributed by atoms with Crippen LogP contribution < -0.4 is 10.6 Å². The highest BCUT2D eigenvalue weighted by Gasteiger charge is 2.19. The van der Waals surface area contributed by atoms with Gasteiger partial charge in [-0.05, 0) is 53.5 Å². The molecular weight excluding hydrogens is 284 g/mol. The Morgan fingerprint density at radius 3 is 3.06 bits per heavy atom. The monoisotopic (exact) mass is 300 g/mol. The molecule has 1 aromatic carbocycles. The average molecular weight is 301 g/mol. The molecule has 2 nitrogen and oxygen atoms in total. The zero-order chi connectivity index (χ0) is 11.5. The first-order valence-corrected chi connectivity index (χ1v) is 7.38. The Balaban J connectivity index is 2.30. The first kappa shape index (κ1) is 12.3. The standard InChI is InChI=1S/C12H17BrN2S/c1-9-7-10(13)12-11(8-9)16-6-5-15(12)4-2-3-14/h7-8H,2-6,14H2,1H3. The van der Waals surface area contributed by atoms with Crippen LogP contribution in [0.2, 0.25) is 0 Å². The summed E-state index contributed by atoms with van der Waals surface area (Å²) in [4.78, 5) is 3.84. The van der Waals surface area contributed by atoms with Crippen LogP contribution in [0.25, 0.3) is 0 Å². The third-order valence-corrected chi connectivity index (χ3v) is 4.35. The number of benzene rings is 1. The molecule has 88 valence electrons. The third kappa shape index (κ3) is 2.55. The number of hydrogen-bond acceptors (Lipinski definition) is 3. The van der Waals surface area contributed by atoms with Crippen LogP contribution >= 0.6 is 27.7 Å². The maximum atomic E-state index is 5.58. The van der Waals surface area contributed by atoms with E-state index >= 15 is 0 Å². The van der Waals surface area contributed by atoms with E-state index in [0.717, 1.165) is 26.1 Å². The number of thioether (sulfide) groups is 1. The molecule has 0 radical (unpaired) electrons. The Morgan fingerprint density at radius 1 is 1.50 bits per heavy atom. The molecule has 4 heteroatoms. The maximum Gasteiger partial charge on any atom is 0.0649 e. The van der Waals surface area contributed by atoms with Crippen molar-refractivity contribution >= 4 is 33.4 Å². The summed E-state index contributed by atoms with van der Waals surface area (Å²) >= 11 is 5.63. The summed E-state index contributed by atoms with van der Waals surface area (Å²) in [6.07, 6.45) is 1.06. The van der Waals surface area contributed by atoms with Crippen LogP contribution in [0.5, 0.6) is 0 Å². The van der Waals surface area contributed by atoms with Crippen LogP contribution in [-0.4, -0.2) is 25.4 Å². The molecule has 1 heterocycles. The zero-order valence-corrected chi connectivity index (χ0v) is 11.9. The van der Waals surface area contributed by atoms with Crippen molar-refractivity contribution in [3.05, 3.63) is 22.2 Å². The van der Waals surface area contributed by atoms with Gasteiger partial charge in [0, 0.05) is 28.2 Å². The second-order valence-electron chi connectivity index (χ2n) is 4.07. The van der Waals surface area contributed by atoms with E-state index in [4.69, 9.17) is 5.73 Å². The fraction of sp³-hybridized carbons (Fsp3) is 0.500. The van der Waals surface area contributed by atoms with Gasteiger partial charge in [-0.3, -0.25) is 0 Å². The van der Waals surface area contributed by atoms with E-state index in [0.29, 0.717) is 0 Å². The third-order valence-electron chi connectivity index (χ3n) is 2.74. The van der Waals surface area contributed by atoms with Gasteiger partial charge in [0.25, 0.3) is 0 Å². The van der Waals surface area contributed by atoms with Crippen molar-refractivity contribution in [2.75, 3.05) is 30.3 Å². The highest BCUT2D eigenvalue weighted by atomic mass is 79.9. The van der Waals surface area contributed by atoms with Crippen LogP contribution in [0.3, 0.4) is 0 Å². The molecule has 0 saturated heterocycles. The van der Waals surface area contributed by atoms with E-state index in [1.165, 1.54) is 26.4 Å². The quantitative estimate of drug-likeness (QED) is 0.930. The summed E-state index contributed by atoms with van der Waals surface area (Å²) in [5.74, 6) is 1.17. The molecular formula is C12H17BrN2S. The first-order chi connectivity index (χ1) is 7.72. The van der Waals surface area contributed by atoms with Gasteiger partial charge in [-0.25, -0.2) is 0 Å². The molecule has 0 aliphatic carbocycles. The van der Waals surface area contributed by atoms with Crippen LogP contribution in [0, 0.1) is 6.92 Å². The fourth-order valence-electron chi connectivity index (χ4n) is 2.00. The lowest BCUT2D eigenvalue weighted by Crippen LogP contribution is -2.31. The smallest absolute Gasteiger partial charge is 0.0649 e. The molecule has 1 aliphatic rings. The van der Waals surface area contributed by atoms with E-state index in [9.17, 15) is 0 Å². The first-order valence-electron chi connectivity index (χ1n) is 5.60. The van der Waals surface area contributed by atoms with Crippen molar-refractivity contribution in [1.29, 1.82) is 0 Å². The second kappa shape index (κ2) is 5.43. The van der Waals surface area contributed by atoms with Crippen molar-refractivity contribution in [2.24, 2.45) is 5.73 Å². The molecule has 2 rings (SSSR count). The van der Waals surface area contributed by atoms with Crippen molar-refractivity contribution < 1.29 is 0 Å². The van der Waals surface area contributed by atoms with Gasteiger partial charge in [0.15, 0.2) is 0 Å². The van der Waals surface area contributed by atoms with Crippen LogP contribution in [0.4, 0.5) is 5.69 Å². The molecule has 0 aromatic heterocycles. The predicted molar refractivity (Wildman–Crippen MR) is 75.5 cm³/mol. The van der Waals surface area contributed by atoms with E-state index in [1.54, 1.807) is 0 Å². The number of hydrogen-bond donors (Lipinski definition) is 1. The van der Waals surface area contributed by atoms with E-state index in [-0.39, 0.29) is 0 Å². The number of anilines is 1. The lowest BCUT2D eigenvalue weighted by molar-refractivity contribution is 0.745. The molecule has 1 aliphatic heterocycles. The Hall–Kier alpha value is -0.190. The number of nitrogens with two attached hydrogens (primary N) is 1. The summed E-state index contributed by atoms with van der Waals surface area (Å²) in [7, 11) is 0. The molecule has 0 amide bonds. The summed E-state index contributed by atoms with van der Waals surface area (Å²) in [5.41, 5.74) is 8.26. The molecule has 0 bridgehead atoms. The van der Waals surface area contributed by atoms with E-state index in [2.05, 4.69) is 39.9 Å². The number of halogens is 1. The number of nitrogens with zero attached hydrogens (tertiary/aromatic N) is 1. The van der Waals surface area contributed by atoms with Gasteiger partial charge in [0.05, 0.1) is 5.69 Å². The highest BCUT2D eigenvalue weighted by molar-refractivity contribution is 9.10. The zero-order valence-electron chi connectivity index (χ0n) is 9.50. The van der Waals surface area contributed by atoms with Crippen molar-refractivity contribution in [3.63, 3.8) is 0 Å². The molecule has 16 heavy (non-hydrogen) atoms. The Bertz CT molecular complexity index is 382. The second-order valence-corrected chi connectivity index (χ2v) is 6.06. The molecule has 0 unspecified atom stereocenters. The van der Waals surface area contributed by atoms with Gasteiger partial charge in [-0.2, -0.15) is 0 Å². The van der Waals surface area contributed by atoms with Gasteiger partial charge in [0.2, 0.25) is 0 Å². The average Bonchev–Trinajstić information content (AvgIpc) is 2.25. The molecule has 0 fully saturated rings. The summed E-state index contributed by atoms with van der Waals surface area (Å²) < 4.78 is 1.21. The number of aryl methyl sites for hydroxylation is 1. The molecule has 2 N–H and O–H groups in total. The van der Waals surface area contributed by atoms with Crippen molar-refractivity contribution in [2.45, 2.75) is 18.2 Å². The number of fused-ring (bicyclic) bond motifs is 1. The normalized spacial score (nSPS) is 15.1. The molecule has 0 atom stereocenters. The van der Waals surface area contributed by atoms with Crippen molar-refractivity contribution in [3.8, 4) is 0 Å². The SMILES string of the molecule is Cc1cc(Br)c2c(c1)SCCN2CCCN. The summed E-state index contributed by atoms with van der Waals surface area (Å²) in [6, 6.07) is 4.47. The predicted octanol–water partition coefficient (Wildman–Crippen LogP) is 3.02. The summed E-state index contributed by atoms with van der Waals surface area (Å²) in [5, 5.41) is 0. The Kier molecular flexibility index (Phi) is 4.16. The van der Waals surface area contributed by atoms with E-state index in [1.807, 2.05) is 11.8 Å². The molecule has 0 saturated carbocycles. The van der Waals surface area contributed by atoms with Gasteiger partial charge < -0.3 is 10.6 Å². The summed E-state index contributed by atoms with van der Waals surface area (Å²) in [6.45, 7) is 5.10. The maximum absolute atomic E-state index is 5.58.